The Hall–Kier alpha value is -1.10. The molecule has 0 saturated heterocycles. The number of hydrogen-bond acceptors (Lipinski definition) is 3. The fourth-order valence-electron chi connectivity index (χ4n) is 2.54. The van der Waals surface area contributed by atoms with Gasteiger partial charge in [-0.15, -0.1) is 0 Å². The molecule has 0 radical (unpaired) electrons. The number of rotatable bonds is 7. The molecule has 1 fully saturated rings. The number of nitrogens with two attached hydrogens (primary N) is 1. The third-order valence-corrected chi connectivity index (χ3v) is 3.93. The van der Waals surface area contributed by atoms with Crippen molar-refractivity contribution in [2.45, 2.75) is 64.5 Å². The van der Waals surface area contributed by atoms with Crippen LogP contribution in [0.5, 0.6) is 0 Å². The average Bonchev–Trinajstić information content (AvgIpc) is 2.75. The van der Waals surface area contributed by atoms with E-state index in [-0.39, 0.29) is 29.8 Å². The predicted molar refractivity (Wildman–Crippen MR) is 73.6 cm³/mol. The molecule has 1 aliphatic carbocycles. The van der Waals surface area contributed by atoms with Crippen LogP contribution in [0.4, 0.5) is 0 Å². The summed E-state index contributed by atoms with van der Waals surface area (Å²) in [4.78, 5) is 22.6. The van der Waals surface area contributed by atoms with Crippen LogP contribution in [0.3, 0.4) is 0 Å². The Balaban J connectivity index is 2.18. The van der Waals surface area contributed by atoms with Crippen molar-refractivity contribution in [1.82, 2.24) is 5.32 Å². The van der Waals surface area contributed by atoms with Crippen molar-refractivity contribution >= 4 is 11.9 Å². The summed E-state index contributed by atoms with van der Waals surface area (Å²) in [5.74, 6) is -0.894. The maximum atomic E-state index is 11.9. The van der Waals surface area contributed by atoms with Gasteiger partial charge in [-0.1, -0.05) is 13.3 Å². The number of nitrogens with one attached hydrogen (secondary N) is 1. The quantitative estimate of drug-likeness (QED) is 0.654. The van der Waals surface area contributed by atoms with Crippen molar-refractivity contribution in [2.24, 2.45) is 17.6 Å². The van der Waals surface area contributed by atoms with Gasteiger partial charge in [0.15, 0.2) is 0 Å². The minimum Gasteiger partial charge on any atom is -0.481 e. The van der Waals surface area contributed by atoms with Crippen LogP contribution in [0.25, 0.3) is 0 Å². The highest BCUT2D eigenvalue weighted by molar-refractivity contribution is 5.79. The Kier molecular flexibility index (Phi) is 6.28. The molecule has 1 saturated carbocycles. The topological polar surface area (TPSA) is 92.4 Å². The fourth-order valence-corrected chi connectivity index (χ4v) is 2.54. The number of amides is 1. The predicted octanol–water partition coefficient (Wildman–Crippen LogP) is 1.51. The minimum atomic E-state index is -0.753. The first-order valence-electron chi connectivity index (χ1n) is 7.19. The first-order chi connectivity index (χ1) is 8.90. The molecule has 0 aromatic rings. The van der Waals surface area contributed by atoms with Crippen LogP contribution >= 0.6 is 0 Å². The lowest BCUT2D eigenvalue weighted by atomic mass is 10.0. The second-order valence-electron chi connectivity index (χ2n) is 5.85. The van der Waals surface area contributed by atoms with Crippen molar-refractivity contribution in [1.29, 1.82) is 0 Å². The van der Waals surface area contributed by atoms with E-state index in [4.69, 9.17) is 10.8 Å². The number of aliphatic carboxylic acids is 1. The molecule has 1 amide bonds. The molecule has 4 unspecified atom stereocenters. The second-order valence-corrected chi connectivity index (χ2v) is 5.85. The largest absolute Gasteiger partial charge is 0.481 e. The van der Waals surface area contributed by atoms with Gasteiger partial charge in [0.2, 0.25) is 5.91 Å². The van der Waals surface area contributed by atoms with Gasteiger partial charge in [0.25, 0.3) is 0 Å². The van der Waals surface area contributed by atoms with Crippen molar-refractivity contribution in [3.05, 3.63) is 0 Å². The van der Waals surface area contributed by atoms with Crippen LogP contribution in [-0.4, -0.2) is 29.1 Å². The highest BCUT2D eigenvalue weighted by Crippen LogP contribution is 2.24. The smallest absolute Gasteiger partial charge is 0.306 e. The van der Waals surface area contributed by atoms with Gasteiger partial charge < -0.3 is 16.2 Å². The molecule has 110 valence electrons. The molecule has 1 aliphatic rings. The molecule has 0 bridgehead atoms. The summed E-state index contributed by atoms with van der Waals surface area (Å²) in [6.45, 7) is 3.68. The molecular weight excluding hydrogens is 244 g/mol. The van der Waals surface area contributed by atoms with Gasteiger partial charge in [-0.25, -0.2) is 0 Å². The Labute approximate surface area is 114 Å². The molecule has 0 aromatic heterocycles. The monoisotopic (exact) mass is 270 g/mol. The Morgan fingerprint density at radius 3 is 2.53 bits per heavy atom. The summed E-state index contributed by atoms with van der Waals surface area (Å²) in [5.41, 5.74) is 5.80. The van der Waals surface area contributed by atoms with Crippen LogP contribution in [0, 0.1) is 11.8 Å². The van der Waals surface area contributed by atoms with Crippen molar-refractivity contribution < 1.29 is 14.7 Å². The molecular formula is C14H26N2O3. The molecule has 19 heavy (non-hydrogen) atoms. The van der Waals surface area contributed by atoms with Gasteiger partial charge >= 0.3 is 5.97 Å². The van der Waals surface area contributed by atoms with E-state index in [1.165, 1.54) is 0 Å². The summed E-state index contributed by atoms with van der Waals surface area (Å²) in [5, 5.41) is 11.8. The zero-order valence-corrected chi connectivity index (χ0v) is 11.9. The number of carbonyl (C=O) groups excluding carboxylic acids is 1. The van der Waals surface area contributed by atoms with Crippen molar-refractivity contribution in [2.75, 3.05) is 0 Å². The molecule has 0 aromatic carbocycles. The summed E-state index contributed by atoms with van der Waals surface area (Å²) in [6, 6.07) is 0.271. The standard InChI is InChI=1S/C14H26N2O3/c1-9(14(18)19)4-3-5-10(2)16-13(17)11-6-7-12(15)8-11/h9-12H,3-8,15H2,1-2H3,(H,16,17)(H,18,19). The normalized spacial score (nSPS) is 25.8. The maximum Gasteiger partial charge on any atom is 0.306 e. The lowest BCUT2D eigenvalue weighted by Crippen LogP contribution is -2.37. The van der Waals surface area contributed by atoms with E-state index in [0.29, 0.717) is 6.42 Å². The fraction of sp³-hybridized carbons (Fsp3) is 0.857. The molecule has 4 atom stereocenters. The zero-order valence-electron chi connectivity index (χ0n) is 11.9. The van der Waals surface area contributed by atoms with E-state index in [9.17, 15) is 9.59 Å². The number of carbonyl (C=O) groups is 2. The van der Waals surface area contributed by atoms with Gasteiger partial charge in [0.1, 0.15) is 0 Å². The zero-order chi connectivity index (χ0) is 14.4. The number of hydrogen-bond donors (Lipinski definition) is 3. The SMILES string of the molecule is CC(CCCC(C)C(=O)O)NC(=O)C1CCC(N)C1. The first-order valence-corrected chi connectivity index (χ1v) is 7.19. The average molecular weight is 270 g/mol. The summed E-state index contributed by atoms with van der Waals surface area (Å²) in [6.07, 6.45) is 4.90. The molecule has 0 heterocycles. The lowest BCUT2D eigenvalue weighted by molar-refractivity contribution is -0.141. The maximum absolute atomic E-state index is 11.9. The molecule has 0 aliphatic heterocycles. The molecule has 0 spiro atoms. The van der Waals surface area contributed by atoms with Gasteiger partial charge in [-0.05, 0) is 39.0 Å². The van der Waals surface area contributed by atoms with Crippen LogP contribution in [0.15, 0.2) is 0 Å². The van der Waals surface area contributed by atoms with Crippen LogP contribution in [0.2, 0.25) is 0 Å². The Bertz CT molecular complexity index is 320. The highest BCUT2D eigenvalue weighted by Gasteiger charge is 2.28. The van der Waals surface area contributed by atoms with E-state index < -0.39 is 5.97 Å². The molecule has 1 rings (SSSR count). The van der Waals surface area contributed by atoms with Crippen molar-refractivity contribution in [3.63, 3.8) is 0 Å². The highest BCUT2D eigenvalue weighted by atomic mass is 16.4. The third-order valence-electron chi connectivity index (χ3n) is 3.93. The Morgan fingerprint density at radius 2 is 2.00 bits per heavy atom. The summed E-state index contributed by atoms with van der Waals surface area (Å²) >= 11 is 0. The molecule has 5 nitrogen and oxygen atoms in total. The van der Waals surface area contributed by atoms with Crippen LogP contribution < -0.4 is 11.1 Å². The third kappa shape index (κ3) is 5.59. The van der Waals surface area contributed by atoms with E-state index in [1.54, 1.807) is 6.92 Å². The Morgan fingerprint density at radius 1 is 1.32 bits per heavy atom. The van der Waals surface area contributed by atoms with Crippen molar-refractivity contribution in [3.8, 4) is 0 Å². The number of carboxylic acids is 1. The second kappa shape index (κ2) is 7.48. The van der Waals surface area contributed by atoms with E-state index in [0.717, 1.165) is 32.1 Å². The van der Waals surface area contributed by atoms with Gasteiger partial charge in [0.05, 0.1) is 5.92 Å². The van der Waals surface area contributed by atoms with Gasteiger partial charge in [-0.2, -0.15) is 0 Å². The minimum absolute atomic E-state index is 0.0652. The van der Waals surface area contributed by atoms with E-state index in [2.05, 4.69) is 5.32 Å². The lowest BCUT2D eigenvalue weighted by Gasteiger charge is -2.17. The summed E-state index contributed by atoms with van der Waals surface area (Å²) in [7, 11) is 0. The first kappa shape index (κ1) is 16.0. The molecule has 4 N–H and O–H groups in total. The van der Waals surface area contributed by atoms with Crippen LogP contribution in [0.1, 0.15) is 52.4 Å². The van der Waals surface area contributed by atoms with Gasteiger partial charge in [-0.3, -0.25) is 9.59 Å². The van der Waals surface area contributed by atoms with E-state index >= 15 is 0 Å². The number of carboxylic acid groups (broad SMARTS) is 1. The van der Waals surface area contributed by atoms with Gasteiger partial charge in [0, 0.05) is 18.0 Å². The van der Waals surface area contributed by atoms with Crippen LogP contribution in [-0.2, 0) is 9.59 Å². The summed E-state index contributed by atoms with van der Waals surface area (Å²) < 4.78 is 0. The molecule has 5 heteroatoms. The van der Waals surface area contributed by atoms with E-state index in [1.807, 2.05) is 6.92 Å².